The Morgan fingerprint density at radius 2 is 1.21 bits per heavy atom. The number of carbonyl (C=O) groups excluding carboxylic acids is 1. The molecule has 0 saturated heterocycles. The third kappa shape index (κ3) is 14.2. The highest BCUT2D eigenvalue weighted by molar-refractivity contribution is 9.10. The van der Waals surface area contributed by atoms with Crippen molar-refractivity contribution in [2.45, 2.75) is 95.2 Å². The average molecular weight is 334 g/mol. The second-order valence-corrected chi connectivity index (χ2v) is 6.57. The summed E-state index contributed by atoms with van der Waals surface area (Å²) < 4.78 is 0. The van der Waals surface area contributed by atoms with E-state index >= 15 is 0 Å². The fourth-order valence-electron chi connectivity index (χ4n) is 2.28. The van der Waals surface area contributed by atoms with E-state index in [1.807, 2.05) is 0 Å². The van der Waals surface area contributed by atoms with Gasteiger partial charge in [-0.3, -0.25) is 0 Å². The summed E-state index contributed by atoms with van der Waals surface area (Å²) in [5.74, 6) is -0.983. The van der Waals surface area contributed by atoms with E-state index in [2.05, 4.69) is 22.9 Å². The van der Waals surface area contributed by atoms with Gasteiger partial charge in [-0.05, 0) is 6.42 Å². The fourth-order valence-corrected chi connectivity index (χ4v) is 2.61. The predicted molar refractivity (Wildman–Crippen MR) is 83.4 cm³/mol. The molecule has 2 nitrogen and oxygen atoms in total. The van der Waals surface area contributed by atoms with Crippen molar-refractivity contribution in [1.82, 2.24) is 0 Å². The van der Waals surface area contributed by atoms with Crippen LogP contribution in [-0.2, 0) is 4.79 Å². The van der Waals surface area contributed by atoms with E-state index in [0.717, 1.165) is 12.8 Å². The van der Waals surface area contributed by atoms with E-state index < -0.39 is 10.8 Å². The highest BCUT2D eigenvalue weighted by atomic mass is 79.9. The van der Waals surface area contributed by atoms with Crippen molar-refractivity contribution < 1.29 is 9.90 Å². The molecule has 0 aromatic carbocycles. The smallest absolute Gasteiger partial charge is 0.0551 e. The van der Waals surface area contributed by atoms with E-state index in [-0.39, 0.29) is 0 Å². The van der Waals surface area contributed by atoms with E-state index in [1.54, 1.807) is 0 Å². The molecule has 0 heterocycles. The molecule has 0 aliphatic heterocycles. The first-order valence-corrected chi connectivity index (χ1v) is 8.95. The molecule has 0 N–H and O–H groups in total. The lowest BCUT2D eigenvalue weighted by Gasteiger charge is -2.09. The molecule has 0 rings (SSSR count). The molecule has 0 aliphatic rings. The van der Waals surface area contributed by atoms with Crippen LogP contribution in [0.5, 0.6) is 0 Å². The first kappa shape index (κ1) is 18.9. The van der Waals surface area contributed by atoms with E-state index in [0.29, 0.717) is 6.42 Å². The highest BCUT2D eigenvalue weighted by Crippen LogP contribution is 2.14. The van der Waals surface area contributed by atoms with Crippen molar-refractivity contribution in [2.24, 2.45) is 0 Å². The molecule has 0 aliphatic carbocycles. The zero-order valence-electron chi connectivity index (χ0n) is 12.5. The Bertz CT molecular complexity index is 207. The van der Waals surface area contributed by atoms with Gasteiger partial charge in [-0.1, -0.05) is 99.9 Å². The van der Waals surface area contributed by atoms with E-state index in [9.17, 15) is 9.90 Å². The Balaban J connectivity index is 3.05. The lowest BCUT2D eigenvalue weighted by Crippen LogP contribution is -2.31. The van der Waals surface area contributed by atoms with E-state index in [1.165, 1.54) is 64.2 Å². The first-order chi connectivity index (χ1) is 9.18. The molecule has 0 amide bonds. The number of aliphatic carboxylic acids is 1. The lowest BCUT2D eigenvalue weighted by atomic mass is 10.0. The lowest BCUT2D eigenvalue weighted by molar-refractivity contribution is -0.304. The molecule has 114 valence electrons. The Kier molecular flexibility index (Phi) is 14.3. The van der Waals surface area contributed by atoms with Gasteiger partial charge in [0, 0.05) is 0 Å². The molecule has 0 bridgehead atoms. The van der Waals surface area contributed by atoms with Crippen molar-refractivity contribution >= 4 is 21.9 Å². The number of alkyl halides is 1. The quantitative estimate of drug-likeness (QED) is 0.344. The molecule has 0 fully saturated rings. The first-order valence-electron chi connectivity index (χ1n) is 8.03. The van der Waals surface area contributed by atoms with Crippen LogP contribution in [0.4, 0.5) is 0 Å². The molecular weight excluding hydrogens is 304 g/mol. The zero-order chi connectivity index (χ0) is 14.3. The van der Waals surface area contributed by atoms with Crippen LogP contribution in [0.2, 0.25) is 0 Å². The summed E-state index contributed by atoms with van der Waals surface area (Å²) in [4.78, 5) is 10.0. The van der Waals surface area contributed by atoms with Gasteiger partial charge in [0.05, 0.1) is 10.8 Å². The Morgan fingerprint density at radius 1 is 0.842 bits per heavy atom. The van der Waals surface area contributed by atoms with Gasteiger partial charge in [-0.15, -0.1) is 0 Å². The summed E-state index contributed by atoms with van der Waals surface area (Å²) in [5.41, 5.74) is 0. The summed E-state index contributed by atoms with van der Waals surface area (Å²) in [6.45, 7) is 2.25. The van der Waals surface area contributed by atoms with Gasteiger partial charge in [0.1, 0.15) is 0 Å². The minimum absolute atomic E-state index is 0.462. The largest absolute Gasteiger partial charge is 0.549 e. The SMILES string of the molecule is CCCCCCCCCCCCCCC(Br)C(=O)[O-]. The molecule has 0 saturated carbocycles. The Hall–Kier alpha value is -0.0500. The number of carboxylic acid groups (broad SMARTS) is 1. The van der Waals surface area contributed by atoms with E-state index in [4.69, 9.17) is 0 Å². The molecule has 0 aromatic rings. The molecule has 0 aromatic heterocycles. The van der Waals surface area contributed by atoms with Crippen molar-refractivity contribution in [2.75, 3.05) is 0 Å². The Labute approximate surface area is 127 Å². The summed E-state index contributed by atoms with van der Waals surface area (Å²) in [6.07, 6.45) is 16.4. The maximum absolute atomic E-state index is 10.5. The molecular formula is C16H30BrO2-. The molecule has 1 unspecified atom stereocenters. The number of rotatable bonds is 14. The summed E-state index contributed by atoms with van der Waals surface area (Å²) in [7, 11) is 0. The minimum Gasteiger partial charge on any atom is -0.549 e. The van der Waals surface area contributed by atoms with Gasteiger partial charge in [0.15, 0.2) is 0 Å². The number of hydrogen-bond donors (Lipinski definition) is 0. The minimum atomic E-state index is -0.983. The summed E-state index contributed by atoms with van der Waals surface area (Å²) in [5, 5.41) is 10.5. The number of hydrogen-bond acceptors (Lipinski definition) is 2. The van der Waals surface area contributed by atoms with Crippen LogP contribution in [0.15, 0.2) is 0 Å². The fraction of sp³-hybridized carbons (Fsp3) is 0.938. The topological polar surface area (TPSA) is 40.1 Å². The van der Waals surface area contributed by atoms with Crippen molar-refractivity contribution in [3.05, 3.63) is 0 Å². The third-order valence-electron chi connectivity index (χ3n) is 3.57. The van der Waals surface area contributed by atoms with Crippen LogP contribution in [0.3, 0.4) is 0 Å². The Morgan fingerprint density at radius 3 is 1.58 bits per heavy atom. The highest BCUT2D eigenvalue weighted by Gasteiger charge is 2.03. The molecule has 19 heavy (non-hydrogen) atoms. The molecule has 0 radical (unpaired) electrons. The monoisotopic (exact) mass is 333 g/mol. The average Bonchev–Trinajstić information content (AvgIpc) is 2.39. The van der Waals surface area contributed by atoms with Gasteiger partial charge in [-0.25, -0.2) is 0 Å². The van der Waals surface area contributed by atoms with Crippen LogP contribution < -0.4 is 5.11 Å². The van der Waals surface area contributed by atoms with Gasteiger partial charge >= 0.3 is 0 Å². The van der Waals surface area contributed by atoms with Crippen LogP contribution in [-0.4, -0.2) is 10.8 Å². The van der Waals surface area contributed by atoms with Gasteiger partial charge in [0.2, 0.25) is 0 Å². The number of halogens is 1. The standard InChI is InChI=1S/C16H31BrO2/c1-2-3-4-5-6-7-8-9-10-11-12-13-14-15(17)16(18)19/h15H,2-14H2,1H3,(H,18,19)/p-1. The van der Waals surface area contributed by atoms with Gasteiger partial charge in [-0.2, -0.15) is 0 Å². The van der Waals surface area contributed by atoms with Crippen molar-refractivity contribution in [3.8, 4) is 0 Å². The number of carbonyl (C=O) groups is 1. The summed E-state index contributed by atoms with van der Waals surface area (Å²) >= 11 is 3.11. The molecule has 1 atom stereocenters. The molecule has 3 heteroatoms. The van der Waals surface area contributed by atoms with Crippen molar-refractivity contribution in [1.29, 1.82) is 0 Å². The molecule has 0 spiro atoms. The second-order valence-electron chi connectivity index (χ2n) is 5.46. The van der Waals surface area contributed by atoms with Crippen LogP contribution in [0.1, 0.15) is 90.4 Å². The maximum atomic E-state index is 10.5. The normalized spacial score (nSPS) is 12.5. The van der Waals surface area contributed by atoms with Crippen LogP contribution in [0.25, 0.3) is 0 Å². The number of unbranched alkanes of at least 4 members (excludes halogenated alkanes) is 11. The van der Waals surface area contributed by atoms with Gasteiger partial charge in [0.25, 0.3) is 0 Å². The zero-order valence-corrected chi connectivity index (χ0v) is 14.1. The van der Waals surface area contributed by atoms with Crippen LogP contribution in [0, 0.1) is 0 Å². The maximum Gasteiger partial charge on any atom is 0.0551 e. The number of carboxylic acids is 1. The van der Waals surface area contributed by atoms with Crippen LogP contribution >= 0.6 is 15.9 Å². The summed E-state index contributed by atoms with van der Waals surface area (Å²) in [6, 6.07) is 0. The predicted octanol–water partition coefficient (Wildman–Crippen LogP) is 4.59. The van der Waals surface area contributed by atoms with Crippen molar-refractivity contribution in [3.63, 3.8) is 0 Å². The second kappa shape index (κ2) is 14.4. The van der Waals surface area contributed by atoms with Gasteiger partial charge < -0.3 is 9.90 Å². The third-order valence-corrected chi connectivity index (χ3v) is 4.40.